The predicted molar refractivity (Wildman–Crippen MR) is 80.7 cm³/mol. The second-order valence-electron chi connectivity index (χ2n) is 6.09. The molecular weight excluding hydrogens is 266 g/mol. The zero-order chi connectivity index (χ0) is 15.2. The van der Waals surface area contributed by atoms with Gasteiger partial charge in [0.05, 0.1) is 0 Å². The molecule has 0 radical (unpaired) electrons. The molecule has 1 amide bonds. The van der Waals surface area contributed by atoms with E-state index in [-0.39, 0.29) is 5.91 Å². The van der Waals surface area contributed by atoms with E-state index in [1.165, 1.54) is 12.8 Å². The van der Waals surface area contributed by atoms with Gasteiger partial charge < -0.3 is 10.4 Å². The van der Waals surface area contributed by atoms with E-state index in [0.29, 0.717) is 23.8 Å². The normalized spacial score (nSPS) is 23.3. The quantitative estimate of drug-likeness (QED) is 0.875. The van der Waals surface area contributed by atoms with Gasteiger partial charge in [0.25, 0.3) is 0 Å². The number of carboxylic acid groups (broad SMARTS) is 1. The number of carbonyl (C=O) groups excluding carboxylic acids is 1. The fourth-order valence-electron chi connectivity index (χ4n) is 3.16. The number of benzene rings is 1. The van der Waals surface area contributed by atoms with Gasteiger partial charge in [-0.2, -0.15) is 0 Å². The number of carbonyl (C=O) groups is 2. The van der Waals surface area contributed by atoms with Gasteiger partial charge in [-0.25, -0.2) is 4.79 Å². The Labute approximate surface area is 125 Å². The van der Waals surface area contributed by atoms with Crippen molar-refractivity contribution < 1.29 is 14.7 Å². The summed E-state index contributed by atoms with van der Waals surface area (Å²) in [4.78, 5) is 23.5. The van der Waals surface area contributed by atoms with Crippen LogP contribution in [0.5, 0.6) is 0 Å². The van der Waals surface area contributed by atoms with Gasteiger partial charge in [0, 0.05) is 6.42 Å². The zero-order valence-electron chi connectivity index (χ0n) is 12.4. The molecule has 1 aliphatic rings. The Morgan fingerprint density at radius 2 is 2.00 bits per heavy atom. The molecule has 0 saturated heterocycles. The maximum atomic E-state index is 12.1. The topological polar surface area (TPSA) is 66.4 Å². The second-order valence-corrected chi connectivity index (χ2v) is 6.09. The molecule has 1 fully saturated rings. The van der Waals surface area contributed by atoms with Gasteiger partial charge in [-0.15, -0.1) is 0 Å². The van der Waals surface area contributed by atoms with Crippen molar-refractivity contribution in [3.8, 4) is 0 Å². The first-order chi connectivity index (χ1) is 10.1. The molecule has 0 spiro atoms. The molecule has 1 aliphatic carbocycles. The minimum Gasteiger partial charge on any atom is -0.479 e. The third-order valence-corrected chi connectivity index (χ3v) is 4.20. The average Bonchev–Trinajstić information content (AvgIpc) is 2.45. The summed E-state index contributed by atoms with van der Waals surface area (Å²) in [6.45, 7) is 2.22. The fourth-order valence-corrected chi connectivity index (χ4v) is 3.16. The van der Waals surface area contributed by atoms with E-state index in [9.17, 15) is 14.7 Å². The predicted octanol–water partition coefficient (Wildman–Crippen LogP) is 3.14. The maximum absolute atomic E-state index is 12.1. The number of aliphatic carboxylic acids is 1. The molecule has 0 heterocycles. The van der Waals surface area contributed by atoms with Gasteiger partial charge in [-0.05, 0) is 30.2 Å². The van der Waals surface area contributed by atoms with Crippen molar-refractivity contribution in [3.63, 3.8) is 0 Å². The van der Waals surface area contributed by atoms with Gasteiger partial charge in [-0.1, -0.05) is 50.1 Å². The Kier molecular flexibility index (Phi) is 5.37. The number of nitrogens with one attached hydrogen (secondary N) is 1. The molecule has 21 heavy (non-hydrogen) atoms. The van der Waals surface area contributed by atoms with Crippen LogP contribution < -0.4 is 5.32 Å². The van der Waals surface area contributed by atoms with E-state index >= 15 is 0 Å². The highest BCUT2D eigenvalue weighted by Crippen LogP contribution is 2.30. The van der Waals surface area contributed by atoms with Crippen LogP contribution in [0.1, 0.15) is 50.6 Å². The van der Waals surface area contributed by atoms with E-state index < -0.39 is 12.0 Å². The molecule has 1 saturated carbocycles. The summed E-state index contributed by atoms with van der Waals surface area (Å²) in [6.07, 6.45) is 4.97. The van der Waals surface area contributed by atoms with Gasteiger partial charge >= 0.3 is 5.97 Å². The third-order valence-electron chi connectivity index (χ3n) is 4.20. The van der Waals surface area contributed by atoms with E-state index in [4.69, 9.17) is 0 Å². The molecule has 0 aromatic heterocycles. The van der Waals surface area contributed by atoms with Gasteiger partial charge in [0.15, 0.2) is 6.04 Å². The number of hydrogen-bond donors (Lipinski definition) is 2. The second kappa shape index (κ2) is 7.25. The first-order valence-corrected chi connectivity index (χ1v) is 7.63. The zero-order valence-corrected chi connectivity index (χ0v) is 12.4. The van der Waals surface area contributed by atoms with Gasteiger partial charge in [0.1, 0.15) is 0 Å². The first-order valence-electron chi connectivity index (χ1n) is 7.63. The number of hydrogen-bond acceptors (Lipinski definition) is 2. The molecule has 0 aliphatic heterocycles. The van der Waals surface area contributed by atoms with Crippen LogP contribution in [0.4, 0.5) is 0 Å². The summed E-state index contributed by atoms with van der Waals surface area (Å²) in [5, 5.41) is 12.0. The highest BCUT2D eigenvalue weighted by atomic mass is 16.4. The smallest absolute Gasteiger partial charge is 0.330 e. The molecule has 2 rings (SSSR count). The molecule has 1 aromatic carbocycles. The maximum Gasteiger partial charge on any atom is 0.330 e. The molecule has 114 valence electrons. The summed E-state index contributed by atoms with van der Waals surface area (Å²) < 4.78 is 0. The summed E-state index contributed by atoms with van der Waals surface area (Å²) in [6, 6.07) is 7.87. The fraction of sp³-hybridized carbons (Fsp3) is 0.529. The average molecular weight is 289 g/mol. The van der Waals surface area contributed by atoms with Crippen molar-refractivity contribution in [2.45, 2.75) is 45.1 Å². The molecular formula is C17H23NO3. The summed E-state index contributed by atoms with van der Waals surface area (Å²) in [5.41, 5.74) is 0.607. The molecule has 0 bridgehead atoms. The summed E-state index contributed by atoms with van der Waals surface area (Å²) >= 11 is 0. The van der Waals surface area contributed by atoms with E-state index in [1.54, 1.807) is 24.3 Å². The van der Waals surface area contributed by atoms with Crippen molar-refractivity contribution in [2.75, 3.05) is 0 Å². The Balaban J connectivity index is 1.94. The molecule has 4 nitrogen and oxygen atoms in total. The summed E-state index contributed by atoms with van der Waals surface area (Å²) in [5.74, 6) is -0.128. The Hall–Kier alpha value is -1.84. The lowest BCUT2D eigenvalue weighted by molar-refractivity contribution is -0.142. The molecule has 2 N–H and O–H groups in total. The summed E-state index contributed by atoms with van der Waals surface area (Å²) in [7, 11) is 0. The Morgan fingerprint density at radius 3 is 2.62 bits per heavy atom. The van der Waals surface area contributed by atoms with Crippen LogP contribution in [0, 0.1) is 11.8 Å². The van der Waals surface area contributed by atoms with E-state index in [1.807, 2.05) is 6.07 Å². The standard InChI is InChI=1S/C17H23NO3/c1-12-6-5-7-13(10-12)11-15(19)18-16(17(20)21)14-8-3-2-4-9-14/h2-4,8-9,12-13,16H,5-7,10-11H2,1H3,(H,18,19)(H,20,21)/t12?,13?,16-/m0/s1. The first kappa shape index (κ1) is 15.5. The Bertz CT molecular complexity index is 486. The van der Waals surface area contributed by atoms with Crippen LogP contribution in [-0.2, 0) is 9.59 Å². The number of rotatable bonds is 5. The van der Waals surface area contributed by atoms with E-state index in [0.717, 1.165) is 12.8 Å². The highest BCUT2D eigenvalue weighted by Gasteiger charge is 2.25. The third kappa shape index (κ3) is 4.59. The molecule has 2 unspecified atom stereocenters. The lowest BCUT2D eigenvalue weighted by atomic mass is 9.80. The molecule has 4 heteroatoms. The van der Waals surface area contributed by atoms with Crippen LogP contribution in [0.25, 0.3) is 0 Å². The minimum atomic E-state index is -1.02. The van der Waals surface area contributed by atoms with Crippen LogP contribution in [0.15, 0.2) is 30.3 Å². The monoisotopic (exact) mass is 289 g/mol. The van der Waals surface area contributed by atoms with Crippen molar-refractivity contribution in [3.05, 3.63) is 35.9 Å². The van der Waals surface area contributed by atoms with Crippen LogP contribution in [0.2, 0.25) is 0 Å². The van der Waals surface area contributed by atoms with Crippen molar-refractivity contribution in [1.29, 1.82) is 0 Å². The van der Waals surface area contributed by atoms with Crippen molar-refractivity contribution in [2.24, 2.45) is 11.8 Å². The largest absolute Gasteiger partial charge is 0.479 e. The van der Waals surface area contributed by atoms with E-state index in [2.05, 4.69) is 12.2 Å². The van der Waals surface area contributed by atoms with Gasteiger partial charge in [0.2, 0.25) is 5.91 Å². The van der Waals surface area contributed by atoms with Crippen LogP contribution in [0.3, 0.4) is 0 Å². The lowest BCUT2D eigenvalue weighted by Crippen LogP contribution is -2.35. The Morgan fingerprint density at radius 1 is 1.29 bits per heavy atom. The molecule has 3 atom stereocenters. The number of amides is 1. The molecule has 1 aromatic rings. The van der Waals surface area contributed by atoms with Crippen molar-refractivity contribution >= 4 is 11.9 Å². The van der Waals surface area contributed by atoms with Crippen LogP contribution >= 0.6 is 0 Å². The van der Waals surface area contributed by atoms with Crippen molar-refractivity contribution in [1.82, 2.24) is 5.32 Å². The highest BCUT2D eigenvalue weighted by molar-refractivity contribution is 5.84. The SMILES string of the molecule is CC1CCCC(CC(=O)N[C@H](C(=O)O)c2ccccc2)C1. The minimum absolute atomic E-state index is 0.162. The van der Waals surface area contributed by atoms with Crippen LogP contribution in [-0.4, -0.2) is 17.0 Å². The lowest BCUT2D eigenvalue weighted by Gasteiger charge is -2.26. The van der Waals surface area contributed by atoms with Gasteiger partial charge in [-0.3, -0.25) is 4.79 Å². The number of carboxylic acids is 1.